The minimum Gasteiger partial charge on any atom is -0.480 e. The zero-order valence-electron chi connectivity index (χ0n) is 11.9. The summed E-state index contributed by atoms with van der Waals surface area (Å²) in [6, 6.07) is 3.04. The number of carbonyl (C=O) groups excluding carboxylic acids is 1. The molecule has 8 heteroatoms. The molecule has 0 bridgehead atoms. The highest BCUT2D eigenvalue weighted by Crippen LogP contribution is 2.10. The predicted molar refractivity (Wildman–Crippen MR) is 73.6 cm³/mol. The van der Waals surface area contributed by atoms with Gasteiger partial charge in [0.15, 0.2) is 0 Å². The van der Waals surface area contributed by atoms with Gasteiger partial charge in [-0.05, 0) is 26.0 Å². The Morgan fingerprint density at radius 2 is 2.19 bits per heavy atom. The molecule has 0 saturated heterocycles. The van der Waals surface area contributed by atoms with E-state index < -0.39 is 5.97 Å². The van der Waals surface area contributed by atoms with Crippen molar-refractivity contribution in [1.29, 1.82) is 0 Å². The Morgan fingerprint density at radius 1 is 1.43 bits per heavy atom. The molecule has 112 valence electrons. The number of nitrogens with one attached hydrogen (secondary N) is 1. The minimum absolute atomic E-state index is 0.208. The topological polar surface area (TPSA) is 102 Å². The van der Waals surface area contributed by atoms with Gasteiger partial charge in [0.05, 0.1) is 11.7 Å². The number of aliphatic carboxylic acids is 1. The summed E-state index contributed by atoms with van der Waals surface area (Å²) in [5, 5.41) is 19.7. The number of hydrogen-bond donors (Lipinski definition) is 2. The van der Waals surface area contributed by atoms with E-state index in [2.05, 4.69) is 15.5 Å². The lowest BCUT2D eigenvalue weighted by Gasteiger charge is -2.12. The molecule has 1 unspecified atom stereocenters. The number of carboxylic acids is 1. The van der Waals surface area contributed by atoms with Gasteiger partial charge in [0, 0.05) is 18.9 Å². The van der Waals surface area contributed by atoms with E-state index in [1.54, 1.807) is 4.68 Å². The smallest absolute Gasteiger partial charge is 0.325 e. The summed E-state index contributed by atoms with van der Waals surface area (Å²) in [4.78, 5) is 22.9. The van der Waals surface area contributed by atoms with Gasteiger partial charge in [-0.1, -0.05) is 0 Å². The van der Waals surface area contributed by atoms with Gasteiger partial charge in [0.1, 0.15) is 12.2 Å². The van der Waals surface area contributed by atoms with Crippen molar-refractivity contribution in [2.24, 2.45) is 0 Å². The summed E-state index contributed by atoms with van der Waals surface area (Å²) in [6.07, 6.45) is 3.24. The molecule has 0 aliphatic carbocycles. The monoisotopic (exact) mass is 291 g/mol. The van der Waals surface area contributed by atoms with Gasteiger partial charge in [-0.3, -0.25) is 14.3 Å². The number of carboxylic acid groups (broad SMARTS) is 1. The van der Waals surface area contributed by atoms with Gasteiger partial charge >= 0.3 is 5.97 Å². The van der Waals surface area contributed by atoms with Crippen molar-refractivity contribution in [2.45, 2.75) is 33.0 Å². The van der Waals surface area contributed by atoms with Gasteiger partial charge in [-0.2, -0.15) is 10.2 Å². The maximum absolute atomic E-state index is 12.2. The molecule has 2 aromatic rings. The molecular weight excluding hydrogens is 274 g/mol. The fraction of sp³-hybridized carbons (Fsp3) is 0.385. The molecule has 2 N–H and O–H groups in total. The first kappa shape index (κ1) is 14.8. The first-order valence-corrected chi connectivity index (χ1v) is 6.59. The van der Waals surface area contributed by atoms with E-state index in [0.717, 1.165) is 16.9 Å². The summed E-state index contributed by atoms with van der Waals surface area (Å²) in [7, 11) is 0. The Kier molecular flexibility index (Phi) is 4.36. The minimum atomic E-state index is -1.05. The van der Waals surface area contributed by atoms with Crippen molar-refractivity contribution in [3.8, 4) is 0 Å². The molecule has 2 aromatic heterocycles. The molecule has 0 saturated carbocycles. The first-order chi connectivity index (χ1) is 10.0. The fourth-order valence-electron chi connectivity index (χ4n) is 1.91. The van der Waals surface area contributed by atoms with Gasteiger partial charge in [-0.25, -0.2) is 4.68 Å². The van der Waals surface area contributed by atoms with Crippen molar-refractivity contribution >= 4 is 11.9 Å². The van der Waals surface area contributed by atoms with Crippen LogP contribution in [0.3, 0.4) is 0 Å². The van der Waals surface area contributed by atoms with E-state index in [-0.39, 0.29) is 24.2 Å². The van der Waals surface area contributed by atoms with Crippen LogP contribution >= 0.6 is 0 Å². The van der Waals surface area contributed by atoms with Crippen LogP contribution in [0.2, 0.25) is 0 Å². The van der Waals surface area contributed by atoms with E-state index >= 15 is 0 Å². The van der Waals surface area contributed by atoms with Crippen LogP contribution in [0.15, 0.2) is 24.5 Å². The van der Waals surface area contributed by atoms with E-state index in [4.69, 9.17) is 5.11 Å². The Hall–Kier alpha value is -2.64. The highest BCUT2D eigenvalue weighted by atomic mass is 16.4. The quantitative estimate of drug-likeness (QED) is 0.814. The number of nitrogens with zero attached hydrogens (tertiary/aromatic N) is 4. The number of aromatic nitrogens is 4. The first-order valence-electron chi connectivity index (χ1n) is 6.59. The van der Waals surface area contributed by atoms with Gasteiger partial charge in [0.25, 0.3) is 5.91 Å². The molecule has 0 fully saturated rings. The number of aryl methyl sites for hydroxylation is 1. The van der Waals surface area contributed by atoms with E-state index in [9.17, 15) is 9.59 Å². The molecular formula is C13H17N5O3. The number of amides is 1. The summed E-state index contributed by atoms with van der Waals surface area (Å²) >= 11 is 0. The van der Waals surface area contributed by atoms with E-state index in [1.165, 1.54) is 12.3 Å². The van der Waals surface area contributed by atoms with Crippen molar-refractivity contribution in [3.05, 3.63) is 35.9 Å². The number of rotatable bonds is 6. The lowest BCUT2D eigenvalue weighted by Crippen LogP contribution is -2.30. The zero-order chi connectivity index (χ0) is 15.4. The van der Waals surface area contributed by atoms with Crippen molar-refractivity contribution in [3.63, 3.8) is 0 Å². The van der Waals surface area contributed by atoms with Gasteiger partial charge in [0.2, 0.25) is 0 Å². The third kappa shape index (κ3) is 3.47. The van der Waals surface area contributed by atoms with Crippen molar-refractivity contribution in [2.75, 3.05) is 0 Å². The average molecular weight is 291 g/mol. The lowest BCUT2D eigenvalue weighted by molar-refractivity contribution is -0.137. The largest absolute Gasteiger partial charge is 0.480 e. The molecule has 0 aliphatic rings. The molecule has 0 radical (unpaired) electrons. The van der Waals surface area contributed by atoms with Crippen LogP contribution < -0.4 is 5.32 Å². The normalized spacial score (nSPS) is 12.1. The maximum Gasteiger partial charge on any atom is 0.325 e. The van der Waals surface area contributed by atoms with E-state index in [1.807, 2.05) is 26.1 Å². The molecule has 8 nitrogen and oxygen atoms in total. The van der Waals surface area contributed by atoms with Crippen LogP contribution in [0.1, 0.15) is 36.1 Å². The molecule has 21 heavy (non-hydrogen) atoms. The highest BCUT2D eigenvalue weighted by molar-refractivity contribution is 5.93. The van der Waals surface area contributed by atoms with Crippen LogP contribution in [-0.2, 0) is 17.9 Å². The SMILES string of the molecule is CCn1ccc(C(C)NC(=O)c2ccnn2CC(=O)O)n1. The summed E-state index contributed by atoms with van der Waals surface area (Å²) in [5.41, 5.74) is 0.952. The molecule has 0 aliphatic heterocycles. The Balaban J connectivity index is 2.07. The standard InChI is InChI=1S/C13H17N5O3/c1-3-17-7-5-10(16-17)9(2)15-13(21)11-4-6-14-18(11)8-12(19)20/h4-7,9H,3,8H2,1-2H3,(H,15,21)(H,19,20). The predicted octanol–water partition coefficient (Wildman–Crippen LogP) is 0.675. The Labute approximate surface area is 121 Å². The van der Waals surface area contributed by atoms with Crippen molar-refractivity contribution < 1.29 is 14.7 Å². The van der Waals surface area contributed by atoms with Crippen LogP contribution in [-0.4, -0.2) is 36.5 Å². The Morgan fingerprint density at radius 3 is 2.81 bits per heavy atom. The third-order valence-corrected chi connectivity index (χ3v) is 3.01. The highest BCUT2D eigenvalue weighted by Gasteiger charge is 2.17. The van der Waals surface area contributed by atoms with Crippen molar-refractivity contribution in [1.82, 2.24) is 24.9 Å². The summed E-state index contributed by atoms with van der Waals surface area (Å²) in [5.74, 6) is -1.44. The van der Waals surface area contributed by atoms with Crippen LogP contribution in [0, 0.1) is 0 Å². The molecule has 0 spiro atoms. The second-order valence-electron chi connectivity index (χ2n) is 4.56. The van der Waals surface area contributed by atoms with Crippen LogP contribution in [0.25, 0.3) is 0 Å². The third-order valence-electron chi connectivity index (χ3n) is 3.01. The second kappa shape index (κ2) is 6.21. The number of carbonyl (C=O) groups is 2. The fourth-order valence-corrected chi connectivity index (χ4v) is 1.91. The van der Waals surface area contributed by atoms with E-state index in [0.29, 0.717) is 0 Å². The zero-order valence-corrected chi connectivity index (χ0v) is 11.9. The summed E-state index contributed by atoms with van der Waals surface area (Å²) < 4.78 is 2.92. The second-order valence-corrected chi connectivity index (χ2v) is 4.56. The molecule has 1 amide bonds. The molecule has 2 heterocycles. The summed E-state index contributed by atoms with van der Waals surface area (Å²) in [6.45, 7) is 4.20. The maximum atomic E-state index is 12.2. The van der Waals surface area contributed by atoms with Crippen LogP contribution in [0.4, 0.5) is 0 Å². The van der Waals surface area contributed by atoms with Crippen LogP contribution in [0.5, 0.6) is 0 Å². The van der Waals surface area contributed by atoms with Gasteiger partial charge < -0.3 is 10.4 Å². The number of hydrogen-bond acceptors (Lipinski definition) is 4. The lowest BCUT2D eigenvalue weighted by atomic mass is 10.2. The Bertz CT molecular complexity index is 646. The molecule has 2 rings (SSSR count). The average Bonchev–Trinajstić information content (AvgIpc) is 3.06. The molecule has 0 aromatic carbocycles. The molecule has 1 atom stereocenters. The van der Waals surface area contributed by atoms with Gasteiger partial charge in [-0.15, -0.1) is 0 Å².